The maximum atomic E-state index is 13.7. The smallest absolute Gasteiger partial charge is 0.275 e. The number of carbonyl (C=O) groups is 1. The Labute approximate surface area is 234 Å². The van der Waals surface area contributed by atoms with E-state index in [-0.39, 0.29) is 28.6 Å². The third-order valence-corrected chi connectivity index (χ3v) is 9.34. The zero-order valence-corrected chi connectivity index (χ0v) is 24.2. The number of hydrogen-bond donors (Lipinski definition) is 3. The van der Waals surface area contributed by atoms with Crippen molar-refractivity contribution in [1.29, 1.82) is 0 Å². The number of benzene rings is 1. The van der Waals surface area contributed by atoms with E-state index in [9.17, 15) is 18.0 Å². The number of hydroxylamine groups is 1. The number of H-pyrrole nitrogens is 1. The second kappa shape index (κ2) is 13.0. The van der Waals surface area contributed by atoms with Gasteiger partial charge in [0.05, 0.1) is 22.6 Å². The van der Waals surface area contributed by atoms with Crippen molar-refractivity contribution in [2.45, 2.75) is 77.2 Å². The van der Waals surface area contributed by atoms with Crippen molar-refractivity contribution in [3.8, 4) is 17.1 Å². The van der Waals surface area contributed by atoms with Gasteiger partial charge in [-0.3, -0.25) is 14.8 Å². The Bertz CT molecular complexity index is 1510. The summed E-state index contributed by atoms with van der Waals surface area (Å²) in [5, 5.41) is 8.71. The number of carbonyl (C=O) groups excluding carboxylic acids is 1. The lowest BCUT2D eigenvalue weighted by Crippen LogP contribution is -2.38. The predicted molar refractivity (Wildman–Crippen MR) is 152 cm³/mol. The van der Waals surface area contributed by atoms with Gasteiger partial charge < -0.3 is 14.3 Å². The molecule has 11 nitrogen and oxygen atoms in total. The Balaban J connectivity index is 1.69. The quantitative estimate of drug-likeness (QED) is 0.220. The molecule has 3 N–H and O–H groups in total. The highest BCUT2D eigenvalue weighted by molar-refractivity contribution is 7.89. The molecule has 0 saturated carbocycles. The zero-order valence-electron chi connectivity index (χ0n) is 23.4. The van der Waals surface area contributed by atoms with Gasteiger partial charge in [-0.15, -0.1) is 0 Å². The molecule has 0 spiro atoms. The first-order valence-electron chi connectivity index (χ1n) is 14.1. The Hall–Kier alpha value is -3.22. The number of piperidine rings is 1. The number of amides is 1. The van der Waals surface area contributed by atoms with Gasteiger partial charge >= 0.3 is 0 Å². The Morgan fingerprint density at radius 1 is 1.20 bits per heavy atom. The van der Waals surface area contributed by atoms with Gasteiger partial charge in [0, 0.05) is 32.3 Å². The van der Waals surface area contributed by atoms with E-state index in [1.54, 1.807) is 17.6 Å². The van der Waals surface area contributed by atoms with Crippen molar-refractivity contribution >= 4 is 27.0 Å². The number of nitrogens with zero attached hydrogens (tertiary/aromatic N) is 3. The van der Waals surface area contributed by atoms with E-state index in [1.165, 1.54) is 10.4 Å². The molecule has 0 radical (unpaired) electrons. The average molecular weight is 574 g/mol. The molecule has 218 valence electrons. The number of fused-ring (bicyclic) bond motifs is 1. The van der Waals surface area contributed by atoms with Crippen LogP contribution in [-0.4, -0.2) is 58.1 Å². The number of aromatic amines is 1. The molecule has 1 aliphatic rings. The molecule has 4 rings (SSSR count). The molecule has 1 aromatic carbocycles. The number of aryl methyl sites for hydroxylation is 2. The van der Waals surface area contributed by atoms with E-state index >= 15 is 0 Å². The molecule has 1 fully saturated rings. The predicted octanol–water partition coefficient (Wildman–Crippen LogP) is 3.84. The monoisotopic (exact) mass is 573 g/mol. The van der Waals surface area contributed by atoms with Crippen molar-refractivity contribution < 1.29 is 23.2 Å². The first-order chi connectivity index (χ1) is 19.2. The molecule has 3 aromatic rings. The van der Waals surface area contributed by atoms with Crippen LogP contribution < -0.4 is 15.8 Å². The minimum Gasteiger partial charge on any atom is -0.493 e. The Morgan fingerprint density at radius 2 is 1.95 bits per heavy atom. The zero-order chi connectivity index (χ0) is 28.9. The van der Waals surface area contributed by atoms with Crippen LogP contribution in [0.25, 0.3) is 22.4 Å². The molecule has 12 heteroatoms. The molecule has 0 aliphatic carbocycles. The summed E-state index contributed by atoms with van der Waals surface area (Å²) in [5.74, 6) is 0.493. The maximum Gasteiger partial charge on any atom is 0.275 e. The number of hydrogen-bond acceptors (Lipinski definition) is 7. The van der Waals surface area contributed by atoms with Gasteiger partial charge in [-0.05, 0) is 68.7 Å². The number of rotatable bonds is 12. The van der Waals surface area contributed by atoms with Crippen LogP contribution >= 0.6 is 0 Å². The van der Waals surface area contributed by atoms with Gasteiger partial charge in [-0.2, -0.15) is 4.31 Å². The lowest BCUT2D eigenvalue weighted by atomic mass is 9.93. The summed E-state index contributed by atoms with van der Waals surface area (Å²) >= 11 is 0. The number of sulfonamides is 1. The molecular formula is C28H39N5O6S. The molecule has 1 amide bonds. The van der Waals surface area contributed by atoms with Crippen LogP contribution in [0.1, 0.15) is 64.9 Å². The van der Waals surface area contributed by atoms with Crippen molar-refractivity contribution in [1.82, 2.24) is 24.3 Å². The largest absolute Gasteiger partial charge is 0.493 e. The van der Waals surface area contributed by atoms with E-state index in [0.29, 0.717) is 67.8 Å². The molecule has 0 bridgehead atoms. The Kier molecular flexibility index (Phi) is 9.64. The van der Waals surface area contributed by atoms with E-state index < -0.39 is 15.9 Å². The van der Waals surface area contributed by atoms with Gasteiger partial charge in [0.25, 0.3) is 5.56 Å². The normalized spacial score (nSPS) is 15.0. The van der Waals surface area contributed by atoms with Crippen LogP contribution in [-0.2, 0) is 27.8 Å². The van der Waals surface area contributed by atoms with Gasteiger partial charge in [-0.1, -0.05) is 20.3 Å². The van der Waals surface area contributed by atoms with E-state index in [4.69, 9.17) is 14.9 Å². The minimum absolute atomic E-state index is 0.104. The molecule has 1 aliphatic heterocycles. The summed E-state index contributed by atoms with van der Waals surface area (Å²) in [5.41, 5.74) is 3.88. The highest BCUT2D eigenvalue weighted by Crippen LogP contribution is 2.34. The summed E-state index contributed by atoms with van der Waals surface area (Å²) in [7, 11) is -3.82. The van der Waals surface area contributed by atoms with Gasteiger partial charge in [0.1, 0.15) is 17.1 Å². The molecule has 40 heavy (non-hydrogen) atoms. The minimum atomic E-state index is -3.82. The fourth-order valence-electron chi connectivity index (χ4n) is 5.27. The van der Waals surface area contributed by atoms with Crippen LogP contribution in [0.4, 0.5) is 0 Å². The first kappa shape index (κ1) is 29.8. The SMILES string of the molecule is CCCOc1ccc(S(=O)(=O)N2CCC(CCC(=O)NO)CC2)cc1-c1nc2c(CCC)cn(CC)c2c(=O)[nH]1. The van der Waals surface area contributed by atoms with Crippen molar-refractivity contribution in [2.24, 2.45) is 5.92 Å². The number of ether oxygens (including phenoxy) is 1. The highest BCUT2D eigenvalue weighted by atomic mass is 32.2. The van der Waals surface area contributed by atoms with Crippen molar-refractivity contribution in [2.75, 3.05) is 19.7 Å². The maximum absolute atomic E-state index is 13.7. The summed E-state index contributed by atoms with van der Waals surface area (Å²) in [6, 6.07) is 4.71. The Morgan fingerprint density at radius 3 is 2.60 bits per heavy atom. The molecule has 0 unspecified atom stereocenters. The fraction of sp³-hybridized carbons (Fsp3) is 0.536. The first-order valence-corrected chi connectivity index (χ1v) is 15.5. The topological polar surface area (TPSA) is 147 Å². The van der Waals surface area contributed by atoms with Crippen LogP contribution in [0.5, 0.6) is 5.75 Å². The third kappa shape index (κ3) is 6.24. The van der Waals surface area contributed by atoms with Gasteiger partial charge in [0.15, 0.2) is 0 Å². The van der Waals surface area contributed by atoms with Gasteiger partial charge in [0.2, 0.25) is 15.9 Å². The molecular weight excluding hydrogens is 534 g/mol. The fourth-order valence-corrected chi connectivity index (χ4v) is 6.77. The number of aromatic nitrogens is 3. The number of nitrogens with one attached hydrogen (secondary N) is 2. The van der Waals surface area contributed by atoms with Gasteiger partial charge in [-0.25, -0.2) is 18.9 Å². The lowest BCUT2D eigenvalue weighted by molar-refractivity contribution is -0.129. The van der Waals surface area contributed by atoms with E-state index in [2.05, 4.69) is 11.9 Å². The second-order valence-electron chi connectivity index (χ2n) is 10.2. The lowest BCUT2D eigenvalue weighted by Gasteiger charge is -2.31. The van der Waals surface area contributed by atoms with Crippen molar-refractivity contribution in [3.05, 3.63) is 40.3 Å². The average Bonchev–Trinajstić information content (AvgIpc) is 3.33. The van der Waals surface area contributed by atoms with E-state index in [1.807, 2.05) is 24.6 Å². The van der Waals surface area contributed by atoms with Crippen molar-refractivity contribution in [3.63, 3.8) is 0 Å². The second-order valence-corrected chi connectivity index (χ2v) is 12.2. The van der Waals surface area contributed by atoms with Crippen LogP contribution in [0.15, 0.2) is 34.1 Å². The third-order valence-electron chi connectivity index (χ3n) is 7.44. The molecule has 1 saturated heterocycles. The highest BCUT2D eigenvalue weighted by Gasteiger charge is 2.30. The summed E-state index contributed by atoms with van der Waals surface area (Å²) < 4.78 is 36.6. The summed E-state index contributed by atoms with van der Waals surface area (Å²) in [6.07, 6.45) is 6.45. The molecule has 3 heterocycles. The van der Waals surface area contributed by atoms with E-state index in [0.717, 1.165) is 24.8 Å². The molecule has 2 aromatic heterocycles. The van der Waals surface area contributed by atoms with Crippen LogP contribution in [0, 0.1) is 5.92 Å². The van der Waals surface area contributed by atoms with Crippen LogP contribution in [0.3, 0.4) is 0 Å². The summed E-state index contributed by atoms with van der Waals surface area (Å²) in [6.45, 7) is 7.77. The summed E-state index contributed by atoms with van der Waals surface area (Å²) in [4.78, 5) is 32.4. The van der Waals surface area contributed by atoms with Crippen LogP contribution in [0.2, 0.25) is 0 Å². The standard InChI is InChI=1S/C28H39N5O6S/c1-4-7-20-18-32(6-3)26-25(20)29-27(30-28(26)35)22-17-21(9-10-23(22)39-16-5-2)40(37,38)33-14-12-19(13-15-33)8-11-24(34)31-36/h9-10,17-19,36H,4-8,11-16H2,1-3H3,(H,31,34)(H,29,30,35). The molecule has 0 atom stereocenters.